The third-order valence-electron chi connectivity index (χ3n) is 0.892. The van der Waals surface area contributed by atoms with E-state index in [9.17, 15) is 9.46 Å². The Morgan fingerprint density at radius 2 is 2.22 bits per heavy atom. The molecule has 0 heterocycles. The van der Waals surface area contributed by atoms with Crippen molar-refractivity contribution in [1.29, 1.82) is 0 Å². The summed E-state index contributed by atoms with van der Waals surface area (Å²) < 4.78 is 14.1. The van der Waals surface area contributed by atoms with E-state index in [4.69, 9.17) is 0 Å². The molecule has 0 aliphatic rings. The molecule has 0 bridgehead atoms. The zero-order chi connectivity index (χ0) is 7.28. The third kappa shape index (κ3) is 8.02. The molecule has 0 saturated heterocycles. The summed E-state index contributed by atoms with van der Waals surface area (Å²) in [6.07, 6.45) is 0.795. The summed E-state index contributed by atoms with van der Waals surface area (Å²) in [7, 11) is -2.63. The minimum absolute atomic E-state index is 0.316. The molecule has 0 fully saturated rings. The Bertz CT molecular complexity index is 92.2. The molecule has 0 aromatic carbocycles. The van der Waals surface area contributed by atoms with Crippen LogP contribution in [0.2, 0.25) is 0 Å². The molecule has 0 rings (SSSR count). The Hall–Kier alpha value is 0.0200. The van der Waals surface area contributed by atoms with Crippen LogP contribution >= 0.6 is 8.25 Å². The molecule has 9 heavy (non-hydrogen) atoms. The average Bonchev–Trinajstić information content (AvgIpc) is 1.63. The Kier molecular flexibility index (Phi) is 4.87. The fraction of sp³-hybridized carbons (Fsp3) is 1.00. The average molecular weight is 150 g/mol. The summed E-state index contributed by atoms with van der Waals surface area (Å²) in [5.74, 6) is 0.500. The molecule has 0 N–H and O–H groups in total. The van der Waals surface area contributed by atoms with Crippen LogP contribution in [-0.4, -0.2) is 6.61 Å². The summed E-state index contributed by atoms with van der Waals surface area (Å²) >= 11 is 0. The molecule has 4 heteroatoms. The van der Waals surface area contributed by atoms with E-state index in [1.165, 1.54) is 0 Å². The molecule has 54 valence electrons. The van der Waals surface area contributed by atoms with Gasteiger partial charge >= 0.3 is 8.25 Å². The molecule has 1 unspecified atom stereocenters. The van der Waals surface area contributed by atoms with Gasteiger partial charge in [-0.3, -0.25) is 0 Å². The second-order valence-electron chi connectivity index (χ2n) is 2.24. The molecule has 0 aromatic heterocycles. The summed E-state index contributed by atoms with van der Waals surface area (Å²) in [5, 5.41) is 0. The van der Waals surface area contributed by atoms with Gasteiger partial charge in [0.2, 0.25) is 0 Å². The largest absolute Gasteiger partial charge is 0.566 e. The summed E-state index contributed by atoms with van der Waals surface area (Å²) in [6, 6.07) is 0. The Balaban J connectivity index is 3.01. The van der Waals surface area contributed by atoms with Gasteiger partial charge in [0.15, 0.2) is 0 Å². The van der Waals surface area contributed by atoms with Gasteiger partial charge in [0.1, 0.15) is 6.61 Å². The van der Waals surface area contributed by atoms with Gasteiger partial charge in [0.05, 0.1) is 0 Å². The highest BCUT2D eigenvalue weighted by molar-refractivity contribution is 7.30. The maximum absolute atomic E-state index is 9.80. The Morgan fingerprint density at radius 1 is 1.67 bits per heavy atom. The first kappa shape index (κ1) is 9.02. The van der Waals surface area contributed by atoms with Gasteiger partial charge in [-0.2, -0.15) is 0 Å². The highest BCUT2D eigenvalue weighted by Gasteiger charge is 2.01. The van der Waals surface area contributed by atoms with Crippen LogP contribution in [0.3, 0.4) is 0 Å². The van der Waals surface area contributed by atoms with Crippen LogP contribution in [0, 0.1) is 5.92 Å². The predicted octanol–water partition coefficient (Wildman–Crippen LogP) is 1.07. The quantitative estimate of drug-likeness (QED) is 0.563. The van der Waals surface area contributed by atoms with Crippen molar-refractivity contribution in [3.8, 4) is 0 Å². The fourth-order valence-corrected chi connectivity index (χ4v) is 0.617. The molecule has 0 aromatic rings. The molecular weight excluding hydrogens is 139 g/mol. The van der Waals surface area contributed by atoms with Crippen LogP contribution in [0.4, 0.5) is 0 Å². The van der Waals surface area contributed by atoms with Gasteiger partial charge in [-0.05, 0) is 16.9 Å². The molecule has 1 atom stereocenters. The highest BCUT2D eigenvalue weighted by Crippen LogP contribution is 2.10. The summed E-state index contributed by atoms with van der Waals surface area (Å²) in [5.41, 5.74) is 0. The Labute approximate surface area is 56.0 Å². The van der Waals surface area contributed by atoms with E-state index in [-0.39, 0.29) is 0 Å². The minimum Gasteiger partial charge on any atom is -0.566 e. The zero-order valence-electron chi connectivity index (χ0n) is 5.66. The number of rotatable bonds is 4. The lowest BCUT2D eigenvalue weighted by atomic mass is 10.2. The summed E-state index contributed by atoms with van der Waals surface area (Å²) in [4.78, 5) is 9.80. The van der Waals surface area contributed by atoms with Crippen molar-refractivity contribution >= 4 is 8.25 Å². The van der Waals surface area contributed by atoms with Gasteiger partial charge < -0.3 is 4.89 Å². The molecule has 0 amide bonds. The lowest BCUT2D eigenvalue weighted by Crippen LogP contribution is -1.97. The van der Waals surface area contributed by atoms with Gasteiger partial charge in [-0.1, -0.05) is 13.8 Å². The van der Waals surface area contributed by atoms with Crippen LogP contribution < -0.4 is 4.89 Å². The molecule has 0 radical (unpaired) electrons. The van der Waals surface area contributed by atoms with Gasteiger partial charge in [-0.25, -0.2) is 0 Å². The van der Waals surface area contributed by atoms with Crippen molar-refractivity contribution < 1.29 is 14.0 Å². The van der Waals surface area contributed by atoms with E-state index in [1.807, 2.05) is 13.8 Å². The molecule has 0 spiro atoms. The lowest BCUT2D eigenvalue weighted by molar-refractivity contribution is -0.185. The van der Waals surface area contributed by atoms with Crippen LogP contribution in [0.1, 0.15) is 20.3 Å². The minimum atomic E-state index is -2.63. The smallest absolute Gasteiger partial charge is 0.488 e. The SMILES string of the molecule is CC(C)CCO[P+](=O)[O-]. The Morgan fingerprint density at radius 3 is 2.56 bits per heavy atom. The molecule has 3 nitrogen and oxygen atoms in total. The molecule has 0 aliphatic carbocycles. The van der Waals surface area contributed by atoms with E-state index in [1.54, 1.807) is 0 Å². The van der Waals surface area contributed by atoms with Crippen LogP contribution in [0.25, 0.3) is 0 Å². The number of hydrogen-bond donors (Lipinski definition) is 0. The molecular formula is C5H11O3P. The third-order valence-corrected chi connectivity index (χ3v) is 1.29. The fourth-order valence-electron chi connectivity index (χ4n) is 0.363. The molecule has 0 aliphatic heterocycles. The zero-order valence-corrected chi connectivity index (χ0v) is 6.56. The van der Waals surface area contributed by atoms with Crippen molar-refractivity contribution in [1.82, 2.24) is 0 Å². The van der Waals surface area contributed by atoms with Crippen molar-refractivity contribution in [3.63, 3.8) is 0 Å². The van der Waals surface area contributed by atoms with Gasteiger partial charge in [0.25, 0.3) is 0 Å². The second-order valence-corrected chi connectivity index (χ2v) is 2.94. The van der Waals surface area contributed by atoms with E-state index < -0.39 is 8.25 Å². The van der Waals surface area contributed by atoms with E-state index in [0.717, 1.165) is 6.42 Å². The topological polar surface area (TPSA) is 49.4 Å². The maximum atomic E-state index is 9.80. The van der Waals surface area contributed by atoms with E-state index in [0.29, 0.717) is 12.5 Å². The van der Waals surface area contributed by atoms with Crippen molar-refractivity contribution in [3.05, 3.63) is 0 Å². The second kappa shape index (κ2) is 4.86. The van der Waals surface area contributed by atoms with Crippen molar-refractivity contribution in [2.75, 3.05) is 6.61 Å². The van der Waals surface area contributed by atoms with Crippen molar-refractivity contribution in [2.45, 2.75) is 20.3 Å². The maximum Gasteiger partial charge on any atom is 0.488 e. The monoisotopic (exact) mass is 150 g/mol. The van der Waals surface area contributed by atoms with Crippen LogP contribution in [0.15, 0.2) is 0 Å². The van der Waals surface area contributed by atoms with E-state index in [2.05, 4.69) is 4.52 Å². The first-order valence-electron chi connectivity index (χ1n) is 2.90. The molecule has 0 saturated carbocycles. The predicted molar refractivity (Wildman–Crippen MR) is 33.0 cm³/mol. The highest BCUT2D eigenvalue weighted by atomic mass is 31.1. The van der Waals surface area contributed by atoms with Crippen molar-refractivity contribution in [2.24, 2.45) is 5.92 Å². The van der Waals surface area contributed by atoms with Gasteiger partial charge in [0, 0.05) is 0 Å². The van der Waals surface area contributed by atoms with Crippen LogP contribution in [-0.2, 0) is 9.09 Å². The first-order valence-corrected chi connectivity index (χ1v) is 3.99. The standard InChI is InChI=1S/C5H11O3P/c1-5(2)3-4-8-9(6)7/h5H,3-4H2,1-2H3. The van der Waals surface area contributed by atoms with E-state index >= 15 is 0 Å². The first-order chi connectivity index (χ1) is 4.13. The normalized spacial score (nSPS) is 12.2. The number of hydrogen-bond acceptors (Lipinski definition) is 3. The lowest BCUT2D eigenvalue weighted by Gasteiger charge is -1.97. The van der Waals surface area contributed by atoms with Gasteiger partial charge in [-0.15, -0.1) is 4.52 Å². The van der Waals surface area contributed by atoms with Crippen LogP contribution in [0.5, 0.6) is 0 Å². The summed E-state index contributed by atoms with van der Waals surface area (Å²) in [6.45, 7) is 4.35.